The number of nitrogens with zero attached hydrogens (tertiary/aromatic N) is 2. The molecule has 0 unspecified atom stereocenters. The van der Waals surface area contributed by atoms with Crippen LogP contribution in [0.2, 0.25) is 0 Å². The third-order valence-corrected chi connectivity index (χ3v) is 5.44. The van der Waals surface area contributed by atoms with Crippen LogP contribution in [0.25, 0.3) is 0 Å². The molecule has 114 valence electrons. The van der Waals surface area contributed by atoms with E-state index in [4.69, 9.17) is 0 Å². The SMILES string of the molecule is CCC[C@@H](C)c1nnc(NS(=O)(=O)Cc2ccccc2)s1. The van der Waals surface area contributed by atoms with Gasteiger partial charge in [0.1, 0.15) is 5.01 Å². The molecule has 0 aliphatic carbocycles. The molecule has 1 heterocycles. The van der Waals surface area contributed by atoms with Crippen LogP contribution in [0.15, 0.2) is 30.3 Å². The van der Waals surface area contributed by atoms with Crippen molar-refractivity contribution in [3.8, 4) is 0 Å². The maximum atomic E-state index is 12.1. The van der Waals surface area contributed by atoms with Gasteiger partial charge in [-0.1, -0.05) is 61.9 Å². The van der Waals surface area contributed by atoms with Crippen LogP contribution in [0.1, 0.15) is 43.2 Å². The highest BCUT2D eigenvalue weighted by Crippen LogP contribution is 2.27. The van der Waals surface area contributed by atoms with Crippen LogP contribution in [0.3, 0.4) is 0 Å². The molecule has 0 fully saturated rings. The highest BCUT2D eigenvalue weighted by atomic mass is 32.2. The van der Waals surface area contributed by atoms with Gasteiger partial charge in [0.2, 0.25) is 15.2 Å². The van der Waals surface area contributed by atoms with Crippen molar-refractivity contribution in [3.63, 3.8) is 0 Å². The lowest BCUT2D eigenvalue weighted by molar-refractivity contribution is 0.600. The number of aromatic nitrogens is 2. The van der Waals surface area contributed by atoms with Gasteiger partial charge in [0.05, 0.1) is 5.75 Å². The van der Waals surface area contributed by atoms with Crippen LogP contribution < -0.4 is 4.72 Å². The van der Waals surface area contributed by atoms with E-state index in [9.17, 15) is 8.42 Å². The minimum atomic E-state index is -3.45. The van der Waals surface area contributed by atoms with Crippen molar-refractivity contribution in [1.29, 1.82) is 0 Å². The van der Waals surface area contributed by atoms with Gasteiger partial charge in [-0.05, 0) is 12.0 Å². The molecule has 2 rings (SSSR count). The summed E-state index contributed by atoms with van der Waals surface area (Å²) in [7, 11) is -3.45. The fraction of sp³-hybridized carbons (Fsp3) is 0.429. The Morgan fingerprint density at radius 2 is 1.95 bits per heavy atom. The minimum Gasteiger partial charge on any atom is -0.257 e. The Hall–Kier alpha value is -1.47. The summed E-state index contributed by atoms with van der Waals surface area (Å²) in [6.07, 6.45) is 2.08. The molecule has 0 aliphatic heterocycles. The highest BCUT2D eigenvalue weighted by Gasteiger charge is 2.16. The van der Waals surface area contributed by atoms with Crippen molar-refractivity contribution in [2.24, 2.45) is 0 Å². The van der Waals surface area contributed by atoms with E-state index < -0.39 is 10.0 Å². The molecule has 0 aliphatic rings. The Bertz CT molecular complexity index is 669. The Morgan fingerprint density at radius 1 is 1.24 bits per heavy atom. The van der Waals surface area contributed by atoms with E-state index in [1.807, 2.05) is 18.2 Å². The maximum absolute atomic E-state index is 12.1. The zero-order chi connectivity index (χ0) is 15.3. The van der Waals surface area contributed by atoms with Crippen LogP contribution in [-0.2, 0) is 15.8 Å². The highest BCUT2D eigenvalue weighted by molar-refractivity contribution is 7.92. The third-order valence-electron chi connectivity index (χ3n) is 3.03. The number of sulfonamides is 1. The van der Waals surface area contributed by atoms with E-state index in [1.54, 1.807) is 12.1 Å². The monoisotopic (exact) mass is 325 g/mol. The second-order valence-electron chi connectivity index (χ2n) is 4.98. The molecular weight excluding hydrogens is 306 g/mol. The summed E-state index contributed by atoms with van der Waals surface area (Å²) in [6, 6.07) is 9.07. The second kappa shape index (κ2) is 7.00. The molecular formula is C14H19N3O2S2. The number of hydrogen-bond donors (Lipinski definition) is 1. The predicted molar refractivity (Wildman–Crippen MR) is 85.9 cm³/mol. The van der Waals surface area contributed by atoms with Crippen molar-refractivity contribution in [2.75, 3.05) is 4.72 Å². The topological polar surface area (TPSA) is 72.0 Å². The zero-order valence-corrected chi connectivity index (χ0v) is 13.7. The molecule has 0 amide bonds. The first-order valence-electron chi connectivity index (χ1n) is 6.88. The predicted octanol–water partition coefficient (Wildman–Crippen LogP) is 3.38. The first kappa shape index (κ1) is 15.9. The van der Waals surface area contributed by atoms with Crippen LogP contribution in [0, 0.1) is 0 Å². The van der Waals surface area contributed by atoms with E-state index in [1.165, 1.54) is 11.3 Å². The molecule has 7 heteroatoms. The summed E-state index contributed by atoms with van der Waals surface area (Å²) in [5.41, 5.74) is 0.745. The lowest BCUT2D eigenvalue weighted by atomic mass is 10.1. The van der Waals surface area contributed by atoms with Crippen LogP contribution in [0.4, 0.5) is 5.13 Å². The summed E-state index contributed by atoms with van der Waals surface area (Å²) in [6.45, 7) is 4.19. The number of anilines is 1. The summed E-state index contributed by atoms with van der Waals surface area (Å²) in [5, 5.41) is 9.20. The van der Waals surface area contributed by atoms with E-state index in [0.29, 0.717) is 11.0 Å². The Labute approximate surface area is 129 Å². The number of nitrogens with one attached hydrogen (secondary N) is 1. The lowest BCUT2D eigenvalue weighted by Crippen LogP contribution is -2.14. The fourth-order valence-corrected chi connectivity index (χ4v) is 4.23. The van der Waals surface area contributed by atoms with E-state index in [2.05, 4.69) is 28.8 Å². The third kappa shape index (κ3) is 4.78. The normalized spacial score (nSPS) is 13.0. The molecule has 1 aromatic carbocycles. The quantitative estimate of drug-likeness (QED) is 0.847. The van der Waals surface area contributed by atoms with E-state index in [-0.39, 0.29) is 5.75 Å². The van der Waals surface area contributed by atoms with E-state index in [0.717, 1.165) is 23.4 Å². The molecule has 1 aromatic heterocycles. The zero-order valence-electron chi connectivity index (χ0n) is 12.1. The van der Waals surface area contributed by atoms with Crippen molar-refractivity contribution < 1.29 is 8.42 Å². The van der Waals surface area contributed by atoms with Gasteiger partial charge in [-0.25, -0.2) is 8.42 Å². The minimum absolute atomic E-state index is 0.0622. The first-order valence-corrected chi connectivity index (χ1v) is 9.35. The van der Waals surface area contributed by atoms with Gasteiger partial charge in [-0.2, -0.15) is 0 Å². The first-order chi connectivity index (χ1) is 10.00. The molecule has 0 saturated heterocycles. The molecule has 0 bridgehead atoms. The number of hydrogen-bond acceptors (Lipinski definition) is 5. The molecule has 2 aromatic rings. The van der Waals surface area contributed by atoms with Gasteiger partial charge < -0.3 is 0 Å². The number of benzene rings is 1. The van der Waals surface area contributed by atoms with Crippen molar-refractivity contribution in [1.82, 2.24) is 10.2 Å². The van der Waals surface area contributed by atoms with Gasteiger partial charge >= 0.3 is 0 Å². The van der Waals surface area contributed by atoms with Crippen molar-refractivity contribution >= 4 is 26.5 Å². The van der Waals surface area contributed by atoms with Gasteiger partial charge in [0, 0.05) is 5.92 Å². The van der Waals surface area contributed by atoms with E-state index >= 15 is 0 Å². The van der Waals surface area contributed by atoms with Gasteiger partial charge in [-0.3, -0.25) is 4.72 Å². The van der Waals surface area contributed by atoms with Gasteiger partial charge in [-0.15, -0.1) is 10.2 Å². The summed E-state index contributed by atoms with van der Waals surface area (Å²) in [5.74, 6) is 0.243. The van der Waals surface area contributed by atoms with Crippen LogP contribution in [0.5, 0.6) is 0 Å². The smallest absolute Gasteiger partial charge is 0.238 e. The molecule has 5 nitrogen and oxygen atoms in total. The molecule has 0 saturated carbocycles. The van der Waals surface area contributed by atoms with Crippen molar-refractivity contribution in [2.45, 2.75) is 38.4 Å². The molecule has 1 N–H and O–H groups in total. The number of rotatable bonds is 7. The largest absolute Gasteiger partial charge is 0.257 e. The second-order valence-corrected chi connectivity index (χ2v) is 7.71. The average Bonchev–Trinajstić information content (AvgIpc) is 2.87. The van der Waals surface area contributed by atoms with Crippen LogP contribution in [-0.4, -0.2) is 18.6 Å². The molecule has 21 heavy (non-hydrogen) atoms. The van der Waals surface area contributed by atoms with Crippen molar-refractivity contribution in [3.05, 3.63) is 40.9 Å². The lowest BCUT2D eigenvalue weighted by Gasteiger charge is -2.05. The molecule has 1 atom stereocenters. The average molecular weight is 325 g/mol. The fourth-order valence-electron chi connectivity index (χ4n) is 1.99. The Balaban J connectivity index is 2.04. The molecule has 0 radical (unpaired) electrons. The standard InChI is InChI=1S/C14H19N3O2S2/c1-3-7-11(2)13-15-16-14(20-13)17-21(18,19)10-12-8-5-4-6-9-12/h4-6,8-9,11H,3,7,10H2,1-2H3,(H,16,17)/t11-/m1/s1. The van der Waals surface area contributed by atoms with Gasteiger partial charge in [0.25, 0.3) is 0 Å². The Kier molecular flexibility index (Phi) is 5.30. The van der Waals surface area contributed by atoms with Crippen LogP contribution >= 0.6 is 11.3 Å². The summed E-state index contributed by atoms with van der Waals surface area (Å²) < 4.78 is 26.7. The molecule has 0 spiro atoms. The summed E-state index contributed by atoms with van der Waals surface area (Å²) in [4.78, 5) is 0. The van der Waals surface area contributed by atoms with Gasteiger partial charge in [0.15, 0.2) is 0 Å². The summed E-state index contributed by atoms with van der Waals surface area (Å²) >= 11 is 1.31. The maximum Gasteiger partial charge on any atom is 0.238 e. The Morgan fingerprint density at radius 3 is 2.62 bits per heavy atom.